The van der Waals surface area contributed by atoms with Crippen molar-refractivity contribution >= 4 is 57.4 Å². The number of carboxylic acids is 1. The Morgan fingerprint density at radius 3 is 2.45 bits per heavy atom. The maximum Gasteiger partial charge on any atom is 0.335 e. The quantitative estimate of drug-likeness (QED) is 0.279. The number of carbonyl (C=O) groups is 3. The van der Waals surface area contributed by atoms with Crippen LogP contribution in [0.15, 0.2) is 88.9 Å². The van der Waals surface area contributed by atoms with Crippen molar-refractivity contribution < 1.29 is 29.0 Å². The Labute approximate surface area is 258 Å². The molecule has 10 nitrogen and oxygen atoms in total. The molecule has 4 aromatic rings. The van der Waals surface area contributed by atoms with Crippen molar-refractivity contribution in [2.75, 3.05) is 33.4 Å². The third-order valence-corrected chi connectivity index (χ3v) is 8.51. The number of aliphatic imine (C=N–C) groups is 1. The number of thioether (sulfide) groups is 1. The van der Waals surface area contributed by atoms with E-state index in [1.807, 2.05) is 58.1 Å². The minimum Gasteiger partial charge on any atom is -0.497 e. The number of hydrogen-bond acceptors (Lipinski definition) is 7. The highest BCUT2D eigenvalue weighted by atomic mass is 32.2. The van der Waals surface area contributed by atoms with Gasteiger partial charge in [-0.25, -0.2) is 9.79 Å². The summed E-state index contributed by atoms with van der Waals surface area (Å²) < 4.78 is 12.6. The first-order valence-electron chi connectivity index (χ1n) is 14.1. The van der Waals surface area contributed by atoms with Crippen molar-refractivity contribution in [3.05, 3.63) is 101 Å². The van der Waals surface area contributed by atoms with Crippen LogP contribution in [0.3, 0.4) is 0 Å². The summed E-state index contributed by atoms with van der Waals surface area (Å²) in [6, 6.07) is 21.5. The molecule has 0 saturated carbocycles. The number of carboxylic acid groups (broad SMARTS) is 1. The van der Waals surface area contributed by atoms with Gasteiger partial charge in [-0.1, -0.05) is 30.3 Å². The summed E-state index contributed by atoms with van der Waals surface area (Å²) >= 11 is 1.27. The average molecular weight is 611 g/mol. The summed E-state index contributed by atoms with van der Waals surface area (Å²) in [5.41, 5.74) is 3.33. The molecular formula is C33H30N4O6S. The molecular weight excluding hydrogens is 580 g/mol. The van der Waals surface area contributed by atoms with Crippen LogP contribution in [-0.4, -0.2) is 75.8 Å². The van der Waals surface area contributed by atoms with E-state index in [9.17, 15) is 19.5 Å². The van der Waals surface area contributed by atoms with Gasteiger partial charge in [0.2, 0.25) is 5.91 Å². The van der Waals surface area contributed by atoms with E-state index in [2.05, 4.69) is 0 Å². The monoisotopic (exact) mass is 610 g/mol. The molecule has 3 heterocycles. The number of carbonyl (C=O) groups excluding carboxylic acids is 2. The molecule has 6 rings (SSSR count). The molecule has 0 bridgehead atoms. The minimum atomic E-state index is -1.01. The fourth-order valence-electron chi connectivity index (χ4n) is 5.15. The number of rotatable bonds is 8. The highest BCUT2D eigenvalue weighted by Crippen LogP contribution is 2.37. The van der Waals surface area contributed by atoms with Crippen LogP contribution in [0.4, 0.5) is 5.69 Å². The molecule has 224 valence electrons. The Morgan fingerprint density at radius 2 is 1.75 bits per heavy atom. The second-order valence-electron chi connectivity index (χ2n) is 10.3. The molecule has 0 radical (unpaired) electrons. The number of aromatic nitrogens is 1. The summed E-state index contributed by atoms with van der Waals surface area (Å²) in [5, 5.41) is 10.7. The molecule has 0 aliphatic carbocycles. The first kappa shape index (κ1) is 29.2. The average Bonchev–Trinajstić information content (AvgIpc) is 3.54. The van der Waals surface area contributed by atoms with Crippen LogP contribution >= 0.6 is 11.8 Å². The zero-order valence-electron chi connectivity index (χ0n) is 24.0. The van der Waals surface area contributed by atoms with Gasteiger partial charge < -0.3 is 24.0 Å². The van der Waals surface area contributed by atoms with E-state index < -0.39 is 5.97 Å². The highest BCUT2D eigenvalue weighted by molar-refractivity contribution is 8.18. The van der Waals surface area contributed by atoms with E-state index in [1.54, 1.807) is 36.3 Å². The lowest BCUT2D eigenvalue weighted by Gasteiger charge is -2.27. The van der Waals surface area contributed by atoms with Crippen molar-refractivity contribution in [2.45, 2.75) is 13.1 Å². The number of amides is 2. The van der Waals surface area contributed by atoms with Crippen LogP contribution in [0.5, 0.6) is 5.75 Å². The number of fused-ring (bicyclic) bond motifs is 1. The number of nitrogens with zero attached hydrogens (tertiary/aromatic N) is 4. The van der Waals surface area contributed by atoms with Gasteiger partial charge >= 0.3 is 5.97 Å². The molecule has 2 aliphatic rings. The smallest absolute Gasteiger partial charge is 0.335 e. The predicted molar refractivity (Wildman–Crippen MR) is 169 cm³/mol. The molecule has 0 atom stereocenters. The topological polar surface area (TPSA) is 114 Å². The normalized spacial score (nSPS) is 17.2. The van der Waals surface area contributed by atoms with Gasteiger partial charge in [-0.2, -0.15) is 0 Å². The third kappa shape index (κ3) is 6.24. The molecule has 1 N–H and O–H groups in total. The summed E-state index contributed by atoms with van der Waals surface area (Å²) in [7, 11) is 1.59. The number of hydrogen-bond donors (Lipinski definition) is 1. The molecule has 2 saturated heterocycles. The fraction of sp³-hybridized carbons (Fsp3) is 0.212. The summed E-state index contributed by atoms with van der Waals surface area (Å²) in [4.78, 5) is 47.0. The van der Waals surface area contributed by atoms with Crippen LogP contribution < -0.4 is 4.74 Å². The Kier molecular flexibility index (Phi) is 8.49. The SMILES string of the molecule is COc1ccc(N=C2S/C(=C\c3cn(CC(=O)N4CCOCC4)c4ccccc34)C(=O)N2Cc2ccc(C(=O)O)cc2)cc1. The molecule has 1 aromatic heterocycles. The van der Waals surface area contributed by atoms with Gasteiger partial charge in [-0.05, 0) is 65.9 Å². The number of para-hydroxylation sites is 1. The minimum absolute atomic E-state index is 0.0218. The third-order valence-electron chi connectivity index (χ3n) is 7.50. The van der Waals surface area contributed by atoms with Crippen molar-refractivity contribution in [3.8, 4) is 5.75 Å². The van der Waals surface area contributed by atoms with Gasteiger partial charge in [0.05, 0.1) is 43.0 Å². The maximum atomic E-state index is 13.9. The second kappa shape index (κ2) is 12.8. The standard InChI is InChI=1S/C33H30N4O6S/c1-42-26-12-10-25(11-13-26)34-33-37(19-22-6-8-23(9-7-22)32(40)41)31(39)29(44-33)18-24-20-36(28-5-3-2-4-27(24)28)21-30(38)35-14-16-43-17-15-35/h2-13,18,20H,14-17,19,21H2,1H3,(H,40,41)/b29-18-,34-33?. The lowest BCUT2D eigenvalue weighted by atomic mass is 10.1. The zero-order valence-corrected chi connectivity index (χ0v) is 24.8. The number of ether oxygens (including phenoxy) is 2. The van der Waals surface area contributed by atoms with Gasteiger partial charge in [0.15, 0.2) is 5.17 Å². The molecule has 3 aromatic carbocycles. The van der Waals surface area contributed by atoms with Crippen LogP contribution in [0, 0.1) is 0 Å². The Bertz CT molecular complexity index is 1770. The molecule has 11 heteroatoms. The zero-order chi connectivity index (χ0) is 30.6. The van der Waals surface area contributed by atoms with Gasteiger partial charge in [0, 0.05) is 35.8 Å². The van der Waals surface area contributed by atoms with E-state index in [0.717, 1.165) is 22.0 Å². The number of amidine groups is 1. The maximum absolute atomic E-state index is 13.9. The van der Waals surface area contributed by atoms with E-state index in [1.165, 1.54) is 23.9 Å². The molecule has 2 aliphatic heterocycles. The van der Waals surface area contributed by atoms with Gasteiger partial charge in [-0.15, -0.1) is 0 Å². The van der Waals surface area contributed by atoms with E-state index >= 15 is 0 Å². The van der Waals surface area contributed by atoms with Crippen LogP contribution in [-0.2, 0) is 27.4 Å². The summed E-state index contributed by atoms with van der Waals surface area (Å²) in [6.45, 7) is 2.63. The number of morpholine rings is 1. The number of methoxy groups -OCH3 is 1. The lowest BCUT2D eigenvalue weighted by molar-refractivity contribution is -0.135. The van der Waals surface area contributed by atoms with Crippen molar-refractivity contribution in [1.82, 2.24) is 14.4 Å². The Hall–Kier alpha value is -4.87. The lowest BCUT2D eigenvalue weighted by Crippen LogP contribution is -2.42. The van der Waals surface area contributed by atoms with Crippen LogP contribution in [0.1, 0.15) is 21.5 Å². The number of aromatic carboxylic acids is 1. The van der Waals surface area contributed by atoms with Gasteiger partial charge in [-0.3, -0.25) is 14.5 Å². The second-order valence-corrected chi connectivity index (χ2v) is 11.3. The van der Waals surface area contributed by atoms with E-state index in [4.69, 9.17) is 14.5 Å². The van der Waals surface area contributed by atoms with Gasteiger partial charge in [0.1, 0.15) is 12.3 Å². The summed E-state index contributed by atoms with van der Waals surface area (Å²) in [5.74, 6) is -0.509. The fourth-order valence-corrected chi connectivity index (χ4v) is 6.14. The highest BCUT2D eigenvalue weighted by Gasteiger charge is 2.34. The molecule has 44 heavy (non-hydrogen) atoms. The first-order valence-corrected chi connectivity index (χ1v) is 14.9. The van der Waals surface area contributed by atoms with Crippen molar-refractivity contribution in [1.29, 1.82) is 0 Å². The molecule has 0 spiro atoms. The predicted octanol–water partition coefficient (Wildman–Crippen LogP) is 5.01. The number of benzene rings is 3. The molecule has 2 fully saturated rings. The first-order chi connectivity index (χ1) is 21.4. The largest absolute Gasteiger partial charge is 0.497 e. The Morgan fingerprint density at radius 1 is 1.02 bits per heavy atom. The molecule has 2 amide bonds. The van der Waals surface area contributed by atoms with E-state index in [-0.39, 0.29) is 30.5 Å². The Balaban J connectivity index is 1.33. The van der Waals surface area contributed by atoms with Gasteiger partial charge in [0.25, 0.3) is 5.91 Å². The summed E-state index contributed by atoms with van der Waals surface area (Å²) in [6.07, 6.45) is 3.76. The van der Waals surface area contributed by atoms with Crippen LogP contribution in [0.2, 0.25) is 0 Å². The van der Waals surface area contributed by atoms with Crippen molar-refractivity contribution in [3.63, 3.8) is 0 Å². The van der Waals surface area contributed by atoms with Crippen LogP contribution in [0.25, 0.3) is 17.0 Å². The van der Waals surface area contributed by atoms with Crippen molar-refractivity contribution in [2.24, 2.45) is 4.99 Å². The molecule has 0 unspecified atom stereocenters. The van der Waals surface area contributed by atoms with E-state index in [0.29, 0.717) is 47.8 Å².